The third-order valence-electron chi connectivity index (χ3n) is 2.80. The minimum atomic E-state index is -0.427. The fourth-order valence-electron chi connectivity index (χ4n) is 2.06. The first kappa shape index (κ1) is 12.6. The van der Waals surface area contributed by atoms with Crippen molar-refractivity contribution in [1.29, 1.82) is 0 Å². The fourth-order valence-corrected chi connectivity index (χ4v) is 2.06. The number of hydrogen-bond donors (Lipinski definition) is 1. The van der Waals surface area contributed by atoms with Crippen LogP contribution in [0.15, 0.2) is 27.6 Å². The Kier molecular flexibility index (Phi) is 3.62. The molecule has 96 valence electrons. The minimum absolute atomic E-state index is 0.252. The lowest BCUT2D eigenvalue weighted by atomic mass is 9.98. The number of rotatable bonds is 4. The van der Waals surface area contributed by atoms with Gasteiger partial charge in [-0.1, -0.05) is 6.58 Å². The van der Waals surface area contributed by atoms with E-state index in [0.29, 0.717) is 42.0 Å². The van der Waals surface area contributed by atoms with E-state index >= 15 is 0 Å². The van der Waals surface area contributed by atoms with Crippen LogP contribution in [0.1, 0.15) is 28.1 Å². The van der Waals surface area contributed by atoms with Crippen LogP contribution >= 0.6 is 0 Å². The highest BCUT2D eigenvalue weighted by Crippen LogP contribution is 2.21. The van der Waals surface area contributed by atoms with E-state index in [2.05, 4.69) is 11.9 Å². The highest BCUT2D eigenvalue weighted by Gasteiger charge is 2.25. The van der Waals surface area contributed by atoms with Gasteiger partial charge in [-0.25, -0.2) is 4.79 Å². The number of ether oxygens (including phenoxy) is 1. The lowest BCUT2D eigenvalue weighted by molar-refractivity contribution is 0.0952. The number of amides is 1. The Hall–Kier alpha value is -1.88. The van der Waals surface area contributed by atoms with Gasteiger partial charge in [0.2, 0.25) is 0 Å². The number of allylic oxidation sites excluding steroid dienone is 1. The van der Waals surface area contributed by atoms with Crippen molar-refractivity contribution in [3.8, 4) is 0 Å². The molecule has 5 heteroatoms. The van der Waals surface area contributed by atoms with Crippen molar-refractivity contribution < 1.29 is 13.9 Å². The Morgan fingerprint density at radius 1 is 1.50 bits per heavy atom. The van der Waals surface area contributed by atoms with Crippen molar-refractivity contribution >= 4 is 5.91 Å². The summed E-state index contributed by atoms with van der Waals surface area (Å²) < 4.78 is 10.0. The molecule has 0 aromatic carbocycles. The van der Waals surface area contributed by atoms with E-state index in [1.165, 1.54) is 6.07 Å². The summed E-state index contributed by atoms with van der Waals surface area (Å²) in [5.74, 6) is 0.154. The summed E-state index contributed by atoms with van der Waals surface area (Å²) in [4.78, 5) is 23.3. The van der Waals surface area contributed by atoms with Crippen molar-refractivity contribution in [2.45, 2.75) is 19.3 Å². The molecular weight excluding hydrogens is 234 g/mol. The topological polar surface area (TPSA) is 68.5 Å². The summed E-state index contributed by atoms with van der Waals surface area (Å²) in [5, 5.41) is 2.66. The SMILES string of the molecule is C=C1Cc2oc(=O)cc(CCCOC)c2C(=O)N1. The van der Waals surface area contributed by atoms with Crippen molar-refractivity contribution in [2.75, 3.05) is 13.7 Å². The van der Waals surface area contributed by atoms with Crippen LogP contribution in [0, 0.1) is 0 Å². The predicted octanol–water partition coefficient (Wildman–Crippen LogP) is 1.02. The Morgan fingerprint density at radius 2 is 2.28 bits per heavy atom. The van der Waals surface area contributed by atoms with Gasteiger partial charge in [-0.05, 0) is 18.4 Å². The summed E-state index contributed by atoms with van der Waals surface area (Å²) in [6.45, 7) is 4.27. The van der Waals surface area contributed by atoms with Crippen LogP contribution in [-0.2, 0) is 17.6 Å². The number of fused-ring (bicyclic) bond motifs is 1. The van der Waals surface area contributed by atoms with Crippen LogP contribution in [0.4, 0.5) is 0 Å². The van der Waals surface area contributed by atoms with Gasteiger partial charge in [0.25, 0.3) is 5.91 Å². The average molecular weight is 249 g/mol. The molecule has 5 nitrogen and oxygen atoms in total. The molecule has 0 aliphatic carbocycles. The maximum absolute atomic E-state index is 11.9. The molecule has 0 bridgehead atoms. The Morgan fingerprint density at radius 3 is 3.00 bits per heavy atom. The third-order valence-corrected chi connectivity index (χ3v) is 2.80. The summed E-state index contributed by atoms with van der Waals surface area (Å²) in [5.41, 5.74) is 1.30. The summed E-state index contributed by atoms with van der Waals surface area (Å²) in [6.07, 6.45) is 1.73. The van der Waals surface area contributed by atoms with Crippen molar-refractivity contribution in [3.63, 3.8) is 0 Å². The van der Waals surface area contributed by atoms with Crippen LogP contribution in [0.3, 0.4) is 0 Å². The Bertz CT molecular complexity index is 544. The summed E-state index contributed by atoms with van der Waals surface area (Å²) >= 11 is 0. The molecule has 0 saturated carbocycles. The molecule has 1 aliphatic rings. The van der Waals surface area contributed by atoms with E-state index in [4.69, 9.17) is 9.15 Å². The second-order valence-corrected chi connectivity index (χ2v) is 4.22. The molecule has 0 radical (unpaired) electrons. The normalized spacial score (nSPS) is 14.3. The molecule has 18 heavy (non-hydrogen) atoms. The van der Waals surface area contributed by atoms with Gasteiger partial charge in [0.15, 0.2) is 0 Å². The zero-order valence-electron chi connectivity index (χ0n) is 10.2. The number of hydrogen-bond acceptors (Lipinski definition) is 4. The van der Waals surface area contributed by atoms with Crippen LogP contribution in [0.25, 0.3) is 0 Å². The quantitative estimate of drug-likeness (QED) is 0.809. The molecule has 0 saturated heterocycles. The Balaban J connectivity index is 2.37. The van der Waals surface area contributed by atoms with Gasteiger partial charge >= 0.3 is 5.63 Å². The van der Waals surface area contributed by atoms with E-state index < -0.39 is 5.63 Å². The van der Waals surface area contributed by atoms with E-state index in [-0.39, 0.29) is 5.91 Å². The fraction of sp³-hybridized carbons (Fsp3) is 0.385. The second kappa shape index (κ2) is 5.18. The minimum Gasteiger partial charge on any atom is -0.427 e. The van der Waals surface area contributed by atoms with Gasteiger partial charge in [0, 0.05) is 31.9 Å². The first-order valence-electron chi connectivity index (χ1n) is 5.75. The van der Waals surface area contributed by atoms with Crippen molar-refractivity contribution in [2.24, 2.45) is 0 Å². The molecular formula is C13H15NO4. The maximum Gasteiger partial charge on any atom is 0.336 e. The van der Waals surface area contributed by atoms with Crippen LogP contribution in [0.2, 0.25) is 0 Å². The first-order valence-corrected chi connectivity index (χ1v) is 5.75. The molecule has 2 rings (SSSR count). The highest BCUT2D eigenvalue weighted by atomic mass is 16.5. The molecule has 0 spiro atoms. The number of carbonyl (C=O) groups excluding carboxylic acids is 1. The standard InChI is InChI=1S/C13H15NO4/c1-8-6-10-12(13(16)14-8)9(4-3-5-17-2)7-11(15)18-10/h7H,1,3-6H2,2H3,(H,14,16). The molecule has 1 aromatic heterocycles. The zero-order chi connectivity index (χ0) is 13.1. The van der Waals surface area contributed by atoms with Crippen LogP contribution in [-0.4, -0.2) is 19.6 Å². The molecule has 1 N–H and O–H groups in total. The number of nitrogens with one attached hydrogen (secondary N) is 1. The van der Waals surface area contributed by atoms with Gasteiger partial charge in [-0.3, -0.25) is 4.79 Å². The van der Waals surface area contributed by atoms with Crippen molar-refractivity contribution in [1.82, 2.24) is 5.32 Å². The van der Waals surface area contributed by atoms with E-state index in [0.717, 1.165) is 6.42 Å². The largest absolute Gasteiger partial charge is 0.427 e. The van der Waals surface area contributed by atoms with Gasteiger partial charge in [0.05, 0.1) is 5.56 Å². The van der Waals surface area contributed by atoms with Gasteiger partial charge in [-0.2, -0.15) is 0 Å². The van der Waals surface area contributed by atoms with Gasteiger partial charge in [0.1, 0.15) is 5.76 Å². The lowest BCUT2D eigenvalue weighted by Crippen LogP contribution is -2.32. The first-order chi connectivity index (χ1) is 8.61. The average Bonchev–Trinajstić information content (AvgIpc) is 2.27. The summed E-state index contributed by atoms with van der Waals surface area (Å²) in [6, 6.07) is 1.38. The summed E-state index contributed by atoms with van der Waals surface area (Å²) in [7, 11) is 1.62. The molecule has 0 fully saturated rings. The van der Waals surface area contributed by atoms with Gasteiger partial charge < -0.3 is 14.5 Å². The number of methoxy groups -OCH3 is 1. The predicted molar refractivity (Wildman–Crippen MR) is 65.5 cm³/mol. The molecule has 0 atom stereocenters. The van der Waals surface area contributed by atoms with E-state index in [1.54, 1.807) is 7.11 Å². The Labute approximate surface area is 104 Å². The molecule has 2 heterocycles. The molecule has 0 unspecified atom stereocenters. The lowest BCUT2D eigenvalue weighted by Gasteiger charge is -2.19. The van der Waals surface area contributed by atoms with E-state index in [9.17, 15) is 9.59 Å². The second-order valence-electron chi connectivity index (χ2n) is 4.22. The molecule has 1 aromatic rings. The number of carbonyl (C=O) groups is 1. The van der Waals surface area contributed by atoms with Crippen molar-refractivity contribution in [3.05, 3.63) is 45.6 Å². The smallest absolute Gasteiger partial charge is 0.336 e. The third kappa shape index (κ3) is 2.51. The van der Waals surface area contributed by atoms with Crippen LogP contribution < -0.4 is 10.9 Å². The molecule has 1 amide bonds. The van der Waals surface area contributed by atoms with Gasteiger partial charge in [-0.15, -0.1) is 0 Å². The number of aryl methyl sites for hydroxylation is 1. The van der Waals surface area contributed by atoms with E-state index in [1.807, 2.05) is 0 Å². The molecule has 1 aliphatic heterocycles. The van der Waals surface area contributed by atoms with Crippen LogP contribution in [0.5, 0.6) is 0 Å². The monoisotopic (exact) mass is 249 g/mol. The highest BCUT2D eigenvalue weighted by molar-refractivity contribution is 5.98. The maximum atomic E-state index is 11.9. The zero-order valence-corrected chi connectivity index (χ0v) is 10.2.